The van der Waals surface area contributed by atoms with Crippen molar-refractivity contribution in [1.82, 2.24) is 0 Å². The van der Waals surface area contributed by atoms with Gasteiger partial charge in [-0.05, 0) is 59.1 Å². The molecule has 2 rings (SSSR count). The molecule has 5 heteroatoms. The number of ether oxygens (including phenoxy) is 1. The van der Waals surface area contributed by atoms with Crippen LogP contribution in [0.1, 0.15) is 12.5 Å². The van der Waals surface area contributed by atoms with Crippen LogP contribution < -0.4 is 10.5 Å². The summed E-state index contributed by atoms with van der Waals surface area (Å²) in [5.74, 6) is 0.398. The smallest absolute Gasteiger partial charge is 0.166 e. The van der Waals surface area contributed by atoms with E-state index in [4.69, 9.17) is 10.5 Å². The van der Waals surface area contributed by atoms with Gasteiger partial charge in [-0.3, -0.25) is 0 Å². The molecular weight excluding hydrogens is 389 g/mol. The van der Waals surface area contributed by atoms with Crippen molar-refractivity contribution >= 4 is 31.9 Å². The molecule has 0 amide bonds. The molecule has 2 aromatic carbocycles. The number of benzene rings is 2. The van der Waals surface area contributed by atoms with Crippen LogP contribution in [0.3, 0.4) is 0 Å². The summed E-state index contributed by atoms with van der Waals surface area (Å²) in [6, 6.07) is 10.3. The molecule has 0 bridgehead atoms. The van der Waals surface area contributed by atoms with E-state index in [-0.39, 0.29) is 11.8 Å². The molecule has 0 heterocycles. The highest BCUT2D eigenvalue weighted by Gasteiger charge is 2.14. The molecule has 0 aliphatic rings. The van der Waals surface area contributed by atoms with Crippen molar-refractivity contribution in [2.24, 2.45) is 5.73 Å². The molecule has 2 N–H and O–H groups in total. The SMILES string of the molecule is CC(N)Cc1cccc(F)c1Oc1ccc(Br)cc1Br. The van der Waals surface area contributed by atoms with E-state index in [9.17, 15) is 4.39 Å². The van der Waals surface area contributed by atoms with Gasteiger partial charge in [-0.25, -0.2) is 4.39 Å². The fraction of sp³-hybridized carbons (Fsp3) is 0.200. The largest absolute Gasteiger partial charge is 0.453 e. The summed E-state index contributed by atoms with van der Waals surface area (Å²) in [6.45, 7) is 1.88. The van der Waals surface area contributed by atoms with Crippen molar-refractivity contribution in [3.63, 3.8) is 0 Å². The summed E-state index contributed by atoms with van der Waals surface area (Å²) in [5, 5.41) is 0. The number of nitrogens with two attached hydrogens (primary N) is 1. The Balaban J connectivity index is 2.37. The molecule has 0 saturated carbocycles. The lowest BCUT2D eigenvalue weighted by Crippen LogP contribution is -2.18. The van der Waals surface area contributed by atoms with Crippen LogP contribution in [-0.2, 0) is 6.42 Å². The Labute approximate surface area is 134 Å². The minimum atomic E-state index is -0.391. The molecule has 0 radical (unpaired) electrons. The van der Waals surface area contributed by atoms with E-state index in [1.807, 2.05) is 25.1 Å². The molecule has 0 aliphatic carbocycles. The number of hydrogen-bond acceptors (Lipinski definition) is 2. The van der Waals surface area contributed by atoms with Crippen molar-refractivity contribution < 1.29 is 9.13 Å². The zero-order valence-corrected chi connectivity index (χ0v) is 14.0. The Bertz CT molecular complexity index is 617. The number of para-hydroxylation sites is 1. The highest BCUT2D eigenvalue weighted by Crippen LogP contribution is 2.35. The van der Waals surface area contributed by atoms with E-state index in [1.165, 1.54) is 6.07 Å². The molecule has 0 aromatic heterocycles. The second kappa shape index (κ2) is 6.70. The van der Waals surface area contributed by atoms with E-state index in [2.05, 4.69) is 31.9 Å². The summed E-state index contributed by atoms with van der Waals surface area (Å²) >= 11 is 6.77. The van der Waals surface area contributed by atoms with Gasteiger partial charge in [-0.1, -0.05) is 28.1 Å². The minimum absolute atomic E-state index is 0.0625. The van der Waals surface area contributed by atoms with Gasteiger partial charge in [0.15, 0.2) is 11.6 Å². The Hall–Kier alpha value is -0.910. The third-order valence-corrected chi connectivity index (χ3v) is 3.81. The minimum Gasteiger partial charge on any atom is -0.453 e. The van der Waals surface area contributed by atoms with Gasteiger partial charge in [0.1, 0.15) is 5.75 Å². The third kappa shape index (κ3) is 3.81. The molecule has 0 spiro atoms. The van der Waals surface area contributed by atoms with Crippen LogP contribution in [0.15, 0.2) is 45.3 Å². The van der Waals surface area contributed by atoms with Crippen LogP contribution in [0, 0.1) is 5.82 Å². The highest BCUT2D eigenvalue weighted by molar-refractivity contribution is 9.11. The summed E-state index contributed by atoms with van der Waals surface area (Å²) in [7, 11) is 0. The van der Waals surface area contributed by atoms with Crippen LogP contribution >= 0.6 is 31.9 Å². The maximum Gasteiger partial charge on any atom is 0.166 e. The van der Waals surface area contributed by atoms with E-state index < -0.39 is 5.82 Å². The van der Waals surface area contributed by atoms with Gasteiger partial charge >= 0.3 is 0 Å². The zero-order valence-electron chi connectivity index (χ0n) is 10.9. The van der Waals surface area contributed by atoms with Crippen molar-refractivity contribution in [3.05, 3.63) is 56.7 Å². The summed E-state index contributed by atoms with van der Waals surface area (Å²) < 4.78 is 21.4. The van der Waals surface area contributed by atoms with E-state index in [0.717, 1.165) is 14.5 Å². The number of halogens is 3. The molecule has 2 nitrogen and oxygen atoms in total. The lowest BCUT2D eigenvalue weighted by molar-refractivity contribution is 0.432. The van der Waals surface area contributed by atoms with Gasteiger partial charge in [0.2, 0.25) is 0 Å². The zero-order chi connectivity index (χ0) is 14.7. The van der Waals surface area contributed by atoms with Crippen LogP contribution in [0.2, 0.25) is 0 Å². The van der Waals surface area contributed by atoms with Crippen LogP contribution in [-0.4, -0.2) is 6.04 Å². The molecular formula is C15H14Br2FNO. The summed E-state index contributed by atoms with van der Waals surface area (Å²) in [6.07, 6.45) is 0.557. The van der Waals surface area contributed by atoms with Gasteiger partial charge in [0, 0.05) is 10.5 Å². The first-order valence-corrected chi connectivity index (χ1v) is 7.72. The molecule has 106 valence electrons. The topological polar surface area (TPSA) is 35.2 Å². The van der Waals surface area contributed by atoms with Gasteiger partial charge in [0.05, 0.1) is 4.47 Å². The van der Waals surface area contributed by atoms with E-state index >= 15 is 0 Å². The van der Waals surface area contributed by atoms with Crippen LogP contribution in [0.25, 0.3) is 0 Å². The van der Waals surface area contributed by atoms with Gasteiger partial charge in [-0.2, -0.15) is 0 Å². The van der Waals surface area contributed by atoms with Crippen molar-refractivity contribution in [2.45, 2.75) is 19.4 Å². The first-order chi connectivity index (χ1) is 9.47. The third-order valence-electron chi connectivity index (χ3n) is 2.70. The lowest BCUT2D eigenvalue weighted by atomic mass is 10.1. The van der Waals surface area contributed by atoms with Gasteiger partial charge in [0.25, 0.3) is 0 Å². The van der Waals surface area contributed by atoms with Gasteiger partial charge in [-0.15, -0.1) is 0 Å². The van der Waals surface area contributed by atoms with Crippen LogP contribution in [0.5, 0.6) is 11.5 Å². The van der Waals surface area contributed by atoms with E-state index in [1.54, 1.807) is 12.1 Å². The predicted molar refractivity (Wildman–Crippen MR) is 85.7 cm³/mol. The molecule has 1 unspecified atom stereocenters. The quantitative estimate of drug-likeness (QED) is 0.777. The summed E-state index contributed by atoms with van der Waals surface area (Å²) in [5.41, 5.74) is 6.55. The Morgan fingerprint density at radius 3 is 2.65 bits per heavy atom. The fourth-order valence-corrected chi connectivity index (χ4v) is 2.97. The van der Waals surface area contributed by atoms with Crippen LogP contribution in [0.4, 0.5) is 4.39 Å². The van der Waals surface area contributed by atoms with Crippen molar-refractivity contribution in [1.29, 1.82) is 0 Å². The second-order valence-corrected chi connectivity index (χ2v) is 6.36. The van der Waals surface area contributed by atoms with Crippen molar-refractivity contribution in [2.75, 3.05) is 0 Å². The normalized spacial score (nSPS) is 12.2. The number of rotatable bonds is 4. The first kappa shape index (κ1) is 15.5. The first-order valence-electron chi connectivity index (χ1n) is 6.13. The molecule has 0 saturated heterocycles. The van der Waals surface area contributed by atoms with E-state index in [0.29, 0.717) is 12.2 Å². The average Bonchev–Trinajstić information content (AvgIpc) is 2.35. The molecule has 20 heavy (non-hydrogen) atoms. The maximum absolute atomic E-state index is 14.0. The Morgan fingerprint density at radius 2 is 2.00 bits per heavy atom. The monoisotopic (exact) mass is 401 g/mol. The second-order valence-electron chi connectivity index (χ2n) is 4.59. The molecule has 0 aliphatic heterocycles. The lowest BCUT2D eigenvalue weighted by Gasteiger charge is -2.14. The maximum atomic E-state index is 14.0. The summed E-state index contributed by atoms with van der Waals surface area (Å²) in [4.78, 5) is 0. The Morgan fingerprint density at radius 1 is 1.25 bits per heavy atom. The Kier molecular flexibility index (Phi) is 5.18. The number of hydrogen-bond donors (Lipinski definition) is 1. The molecule has 0 fully saturated rings. The average molecular weight is 403 g/mol. The standard InChI is InChI=1S/C15H14Br2FNO/c1-9(19)7-10-3-2-4-13(18)15(10)20-14-6-5-11(16)8-12(14)17/h2-6,8-9H,7,19H2,1H3. The fourth-order valence-electron chi connectivity index (χ4n) is 1.84. The van der Waals surface area contributed by atoms with Crippen molar-refractivity contribution in [3.8, 4) is 11.5 Å². The molecule has 2 aromatic rings. The highest BCUT2D eigenvalue weighted by atomic mass is 79.9. The molecule has 1 atom stereocenters. The predicted octanol–water partition coefficient (Wildman–Crippen LogP) is 5.03. The van der Waals surface area contributed by atoms with Gasteiger partial charge < -0.3 is 10.5 Å².